The van der Waals surface area contributed by atoms with E-state index in [1.807, 2.05) is 0 Å². The smallest absolute Gasteiger partial charge is 0.330 e. The molecule has 0 spiro atoms. The lowest BCUT2D eigenvalue weighted by molar-refractivity contribution is -0.137. The Bertz CT molecular complexity index is 157. The Labute approximate surface area is 61.2 Å². The van der Waals surface area contributed by atoms with E-state index in [2.05, 4.69) is 11.3 Å². The van der Waals surface area contributed by atoms with Gasteiger partial charge in [0.2, 0.25) is 0 Å². The van der Waals surface area contributed by atoms with Gasteiger partial charge >= 0.3 is 5.97 Å². The standard InChI is InChI=1S/C8H12O2/c1-4-7(3)6-8(9)10-5-2/h4,6H,1,5H2,2-3H3. The lowest BCUT2D eigenvalue weighted by Crippen LogP contribution is -1.99. The maximum atomic E-state index is 10.7. The Morgan fingerprint density at radius 3 is 2.70 bits per heavy atom. The van der Waals surface area contributed by atoms with Crippen molar-refractivity contribution in [2.45, 2.75) is 13.8 Å². The van der Waals surface area contributed by atoms with Crippen molar-refractivity contribution < 1.29 is 9.53 Å². The minimum absolute atomic E-state index is 0.306. The summed E-state index contributed by atoms with van der Waals surface area (Å²) < 4.78 is 4.65. The molecule has 0 fully saturated rings. The fourth-order valence-corrected chi connectivity index (χ4v) is 0.429. The van der Waals surface area contributed by atoms with Crippen LogP contribution in [0.5, 0.6) is 0 Å². The zero-order valence-corrected chi connectivity index (χ0v) is 6.39. The Morgan fingerprint density at radius 2 is 2.30 bits per heavy atom. The van der Waals surface area contributed by atoms with Crippen molar-refractivity contribution in [1.29, 1.82) is 0 Å². The number of ether oxygens (including phenoxy) is 1. The van der Waals surface area contributed by atoms with E-state index in [-0.39, 0.29) is 5.97 Å². The normalized spacial score (nSPS) is 10.8. The van der Waals surface area contributed by atoms with Crippen LogP contribution in [0.15, 0.2) is 24.3 Å². The van der Waals surface area contributed by atoms with E-state index in [0.717, 1.165) is 5.57 Å². The zero-order chi connectivity index (χ0) is 7.98. The number of hydrogen-bond donors (Lipinski definition) is 0. The lowest BCUT2D eigenvalue weighted by Gasteiger charge is -1.94. The van der Waals surface area contributed by atoms with Gasteiger partial charge in [-0.05, 0) is 19.4 Å². The van der Waals surface area contributed by atoms with Crippen molar-refractivity contribution in [2.75, 3.05) is 6.61 Å². The van der Waals surface area contributed by atoms with Crippen molar-refractivity contribution in [3.8, 4) is 0 Å². The quantitative estimate of drug-likeness (QED) is 0.338. The molecule has 0 aliphatic heterocycles. The molecule has 2 heteroatoms. The predicted molar refractivity (Wildman–Crippen MR) is 40.6 cm³/mol. The van der Waals surface area contributed by atoms with Crippen LogP contribution in [0, 0.1) is 0 Å². The maximum absolute atomic E-state index is 10.7. The summed E-state index contributed by atoms with van der Waals surface area (Å²) in [5, 5.41) is 0. The van der Waals surface area contributed by atoms with Crippen molar-refractivity contribution in [3.63, 3.8) is 0 Å². The number of rotatable bonds is 3. The van der Waals surface area contributed by atoms with E-state index >= 15 is 0 Å². The summed E-state index contributed by atoms with van der Waals surface area (Å²) in [5.41, 5.74) is 0.818. The number of allylic oxidation sites excluding steroid dienone is 2. The van der Waals surface area contributed by atoms with E-state index in [9.17, 15) is 4.79 Å². The van der Waals surface area contributed by atoms with Crippen LogP contribution in [0.3, 0.4) is 0 Å². The van der Waals surface area contributed by atoms with Crippen molar-refractivity contribution >= 4 is 5.97 Å². The fraction of sp³-hybridized carbons (Fsp3) is 0.375. The minimum atomic E-state index is -0.306. The van der Waals surface area contributed by atoms with Crippen LogP contribution in [0.25, 0.3) is 0 Å². The van der Waals surface area contributed by atoms with Gasteiger partial charge in [0.1, 0.15) is 0 Å². The average Bonchev–Trinajstić information content (AvgIpc) is 1.88. The summed E-state index contributed by atoms with van der Waals surface area (Å²) >= 11 is 0. The number of hydrogen-bond acceptors (Lipinski definition) is 2. The molecule has 0 heterocycles. The molecule has 0 atom stereocenters. The molecular formula is C8H12O2. The first-order valence-corrected chi connectivity index (χ1v) is 3.18. The molecule has 56 valence electrons. The Morgan fingerprint density at radius 1 is 1.70 bits per heavy atom. The molecule has 0 N–H and O–H groups in total. The summed E-state index contributed by atoms with van der Waals surface area (Å²) in [4.78, 5) is 10.7. The SMILES string of the molecule is C=CC(C)=CC(=O)OCC. The highest BCUT2D eigenvalue weighted by atomic mass is 16.5. The molecule has 2 nitrogen and oxygen atoms in total. The molecule has 0 aromatic rings. The Hall–Kier alpha value is -1.05. The van der Waals surface area contributed by atoms with E-state index in [1.165, 1.54) is 6.08 Å². The molecule has 10 heavy (non-hydrogen) atoms. The second-order valence-corrected chi connectivity index (χ2v) is 1.84. The second kappa shape index (κ2) is 4.79. The lowest BCUT2D eigenvalue weighted by atomic mass is 10.3. The van der Waals surface area contributed by atoms with Gasteiger partial charge in [-0.3, -0.25) is 0 Å². The highest BCUT2D eigenvalue weighted by molar-refractivity contribution is 5.83. The predicted octanol–water partition coefficient (Wildman–Crippen LogP) is 1.68. The van der Waals surface area contributed by atoms with Gasteiger partial charge in [0, 0.05) is 6.08 Å². The molecule has 0 amide bonds. The average molecular weight is 140 g/mol. The van der Waals surface area contributed by atoms with E-state index in [4.69, 9.17) is 0 Å². The molecule has 0 unspecified atom stereocenters. The Balaban J connectivity index is 3.86. The van der Waals surface area contributed by atoms with Crippen LogP contribution in [0.4, 0.5) is 0 Å². The molecule has 0 aliphatic carbocycles. The molecule has 0 aromatic heterocycles. The largest absolute Gasteiger partial charge is 0.463 e. The Kier molecular flexibility index (Phi) is 4.29. The summed E-state index contributed by atoms with van der Waals surface area (Å²) in [6, 6.07) is 0. The first-order chi connectivity index (χ1) is 4.70. The van der Waals surface area contributed by atoms with Crippen LogP contribution in [0.1, 0.15) is 13.8 Å². The van der Waals surface area contributed by atoms with Crippen molar-refractivity contribution in [3.05, 3.63) is 24.3 Å². The number of carbonyl (C=O) groups excluding carboxylic acids is 1. The summed E-state index contributed by atoms with van der Waals surface area (Å²) in [7, 11) is 0. The molecule has 0 radical (unpaired) electrons. The van der Waals surface area contributed by atoms with Gasteiger partial charge in [0.05, 0.1) is 6.61 Å². The van der Waals surface area contributed by atoms with Gasteiger partial charge in [-0.15, -0.1) is 0 Å². The van der Waals surface area contributed by atoms with E-state index in [1.54, 1.807) is 19.9 Å². The van der Waals surface area contributed by atoms with Crippen LogP contribution in [0.2, 0.25) is 0 Å². The molecule has 0 saturated carbocycles. The van der Waals surface area contributed by atoms with Crippen LogP contribution in [-0.2, 0) is 9.53 Å². The van der Waals surface area contributed by atoms with Gasteiger partial charge in [0.25, 0.3) is 0 Å². The molecule has 0 aromatic carbocycles. The molecule has 0 saturated heterocycles. The number of esters is 1. The van der Waals surface area contributed by atoms with E-state index in [0.29, 0.717) is 6.61 Å². The molecular weight excluding hydrogens is 128 g/mol. The zero-order valence-electron chi connectivity index (χ0n) is 6.39. The number of carbonyl (C=O) groups is 1. The van der Waals surface area contributed by atoms with Crippen LogP contribution >= 0.6 is 0 Å². The highest BCUT2D eigenvalue weighted by Gasteiger charge is 1.93. The fourth-order valence-electron chi connectivity index (χ4n) is 0.429. The third-order valence-corrected chi connectivity index (χ3v) is 0.954. The molecule has 0 bridgehead atoms. The van der Waals surface area contributed by atoms with E-state index < -0.39 is 0 Å². The summed E-state index contributed by atoms with van der Waals surface area (Å²) in [6.07, 6.45) is 3.02. The second-order valence-electron chi connectivity index (χ2n) is 1.84. The topological polar surface area (TPSA) is 26.3 Å². The van der Waals surface area contributed by atoms with Gasteiger partial charge in [-0.25, -0.2) is 4.79 Å². The first kappa shape index (κ1) is 8.95. The van der Waals surface area contributed by atoms with Crippen LogP contribution in [-0.4, -0.2) is 12.6 Å². The maximum Gasteiger partial charge on any atom is 0.330 e. The highest BCUT2D eigenvalue weighted by Crippen LogP contribution is 1.93. The minimum Gasteiger partial charge on any atom is -0.463 e. The van der Waals surface area contributed by atoms with Gasteiger partial charge in [-0.2, -0.15) is 0 Å². The van der Waals surface area contributed by atoms with Crippen molar-refractivity contribution in [1.82, 2.24) is 0 Å². The van der Waals surface area contributed by atoms with Crippen molar-refractivity contribution in [2.24, 2.45) is 0 Å². The van der Waals surface area contributed by atoms with Gasteiger partial charge < -0.3 is 4.74 Å². The monoisotopic (exact) mass is 140 g/mol. The first-order valence-electron chi connectivity index (χ1n) is 3.18. The summed E-state index contributed by atoms with van der Waals surface area (Å²) in [6.45, 7) is 7.48. The molecule has 0 rings (SSSR count). The van der Waals surface area contributed by atoms with Gasteiger partial charge in [0.15, 0.2) is 0 Å². The molecule has 0 aliphatic rings. The summed E-state index contributed by atoms with van der Waals surface area (Å²) in [5.74, 6) is -0.306. The van der Waals surface area contributed by atoms with Gasteiger partial charge in [-0.1, -0.05) is 12.7 Å². The third-order valence-electron chi connectivity index (χ3n) is 0.954. The third kappa shape index (κ3) is 3.89. The van der Waals surface area contributed by atoms with Crippen LogP contribution < -0.4 is 0 Å².